The zero-order valence-electron chi connectivity index (χ0n) is 15.3. The Morgan fingerprint density at radius 1 is 1.00 bits per heavy atom. The molecular formula is C21H19BrN2O3S2. The number of halogens is 1. The van der Waals surface area contributed by atoms with Gasteiger partial charge in [-0.05, 0) is 76.7 Å². The molecule has 150 valence electrons. The lowest BCUT2D eigenvalue weighted by Gasteiger charge is -2.19. The molecule has 2 N–H and O–H groups in total. The lowest BCUT2D eigenvalue weighted by molar-refractivity contribution is 0.0931. The van der Waals surface area contributed by atoms with Crippen molar-refractivity contribution < 1.29 is 13.2 Å². The van der Waals surface area contributed by atoms with Crippen molar-refractivity contribution in [2.24, 2.45) is 5.92 Å². The molecule has 2 aromatic carbocycles. The molecule has 0 aliphatic heterocycles. The van der Waals surface area contributed by atoms with Crippen molar-refractivity contribution in [2.45, 2.75) is 23.1 Å². The van der Waals surface area contributed by atoms with Crippen molar-refractivity contribution in [3.8, 4) is 0 Å². The monoisotopic (exact) mass is 490 g/mol. The Morgan fingerprint density at radius 3 is 2.28 bits per heavy atom. The van der Waals surface area contributed by atoms with E-state index in [1.165, 1.54) is 0 Å². The molecule has 1 heterocycles. The van der Waals surface area contributed by atoms with Crippen LogP contribution in [0.15, 0.2) is 74.7 Å². The van der Waals surface area contributed by atoms with Crippen LogP contribution in [0.1, 0.15) is 34.8 Å². The number of rotatable bonds is 7. The van der Waals surface area contributed by atoms with Gasteiger partial charge in [-0.2, -0.15) is 0 Å². The van der Waals surface area contributed by atoms with Crippen molar-refractivity contribution in [3.63, 3.8) is 0 Å². The Labute approximate surface area is 182 Å². The average molecular weight is 491 g/mol. The van der Waals surface area contributed by atoms with E-state index in [2.05, 4.69) is 26.0 Å². The number of thiophene rings is 1. The lowest BCUT2D eigenvalue weighted by atomic mass is 10.0. The first-order chi connectivity index (χ1) is 13.9. The highest BCUT2D eigenvalue weighted by atomic mass is 79.9. The molecule has 3 aromatic rings. The molecule has 4 rings (SSSR count). The van der Waals surface area contributed by atoms with Gasteiger partial charge in [0.15, 0.2) is 0 Å². The summed E-state index contributed by atoms with van der Waals surface area (Å²) in [4.78, 5) is 12.7. The van der Waals surface area contributed by atoms with Crippen molar-refractivity contribution in [1.82, 2.24) is 5.32 Å². The molecule has 0 unspecified atom stereocenters. The highest BCUT2D eigenvalue weighted by Gasteiger charge is 2.33. The first-order valence-electron chi connectivity index (χ1n) is 9.16. The second-order valence-corrected chi connectivity index (χ2v) is 11.3. The highest BCUT2D eigenvalue weighted by molar-refractivity contribution is 9.11. The zero-order valence-corrected chi connectivity index (χ0v) is 18.6. The molecule has 5 nitrogen and oxygen atoms in total. The minimum Gasteiger partial charge on any atom is -0.345 e. The number of anilines is 1. The summed E-state index contributed by atoms with van der Waals surface area (Å²) in [5, 5.41) is 3.13. The Kier molecular flexibility index (Phi) is 5.76. The number of hydrogen-bond acceptors (Lipinski definition) is 4. The third-order valence-electron chi connectivity index (χ3n) is 4.75. The Hall–Kier alpha value is -2.16. The topological polar surface area (TPSA) is 75.3 Å². The summed E-state index contributed by atoms with van der Waals surface area (Å²) < 4.78 is 28.3. The van der Waals surface area contributed by atoms with Gasteiger partial charge in [0, 0.05) is 11.3 Å². The fourth-order valence-corrected chi connectivity index (χ4v) is 6.19. The van der Waals surface area contributed by atoms with E-state index < -0.39 is 10.0 Å². The first-order valence-corrected chi connectivity index (χ1v) is 12.3. The minimum atomic E-state index is -3.65. The van der Waals surface area contributed by atoms with E-state index in [1.54, 1.807) is 36.4 Å². The smallest absolute Gasteiger partial charge is 0.271 e. The molecule has 29 heavy (non-hydrogen) atoms. The molecule has 0 saturated heterocycles. The molecule has 1 aromatic heterocycles. The Balaban J connectivity index is 1.45. The fourth-order valence-electron chi connectivity index (χ4n) is 3.13. The second kappa shape index (κ2) is 8.30. The van der Waals surface area contributed by atoms with E-state index in [0.717, 1.165) is 33.5 Å². The van der Waals surface area contributed by atoms with Crippen LogP contribution < -0.4 is 10.0 Å². The van der Waals surface area contributed by atoms with Crippen LogP contribution in [-0.4, -0.2) is 14.3 Å². The van der Waals surface area contributed by atoms with Crippen LogP contribution in [0.3, 0.4) is 0 Å². The molecule has 1 saturated carbocycles. The first kappa shape index (κ1) is 20.1. The Bertz CT molecular complexity index is 1110. The van der Waals surface area contributed by atoms with E-state index in [4.69, 9.17) is 0 Å². The van der Waals surface area contributed by atoms with Crippen LogP contribution in [-0.2, 0) is 10.0 Å². The predicted octanol–water partition coefficient (Wildman–Crippen LogP) is 5.19. The number of carbonyl (C=O) groups excluding carboxylic acids is 1. The van der Waals surface area contributed by atoms with Gasteiger partial charge < -0.3 is 5.32 Å². The van der Waals surface area contributed by atoms with Gasteiger partial charge in [0.1, 0.15) is 4.21 Å². The summed E-state index contributed by atoms with van der Waals surface area (Å²) in [6.45, 7) is 0. The SMILES string of the molecule is O=C(N[C@@H](c1ccccc1)C1CC1)c1ccc(NS(=O)(=O)c2ccc(Br)s2)cc1. The van der Waals surface area contributed by atoms with Crippen molar-refractivity contribution >= 4 is 48.9 Å². The van der Waals surface area contributed by atoms with E-state index >= 15 is 0 Å². The molecule has 1 amide bonds. The number of hydrogen-bond donors (Lipinski definition) is 2. The number of benzene rings is 2. The van der Waals surface area contributed by atoms with E-state index in [9.17, 15) is 13.2 Å². The number of amides is 1. The van der Waals surface area contributed by atoms with Crippen LogP contribution in [0.5, 0.6) is 0 Å². The average Bonchev–Trinajstić information content (AvgIpc) is 3.46. The molecule has 0 spiro atoms. The molecule has 1 atom stereocenters. The van der Waals surface area contributed by atoms with Crippen LogP contribution in [0.25, 0.3) is 0 Å². The lowest BCUT2D eigenvalue weighted by Crippen LogP contribution is -2.29. The van der Waals surface area contributed by atoms with E-state index in [1.807, 2.05) is 30.3 Å². The third kappa shape index (κ3) is 4.88. The van der Waals surface area contributed by atoms with Gasteiger partial charge in [0.25, 0.3) is 15.9 Å². The molecule has 1 aliphatic carbocycles. The molecule has 0 radical (unpaired) electrons. The minimum absolute atomic E-state index is 0.000783. The van der Waals surface area contributed by atoms with E-state index in [-0.39, 0.29) is 16.2 Å². The van der Waals surface area contributed by atoms with Gasteiger partial charge in [0.05, 0.1) is 9.83 Å². The normalized spacial score (nSPS) is 14.9. The van der Waals surface area contributed by atoms with E-state index in [0.29, 0.717) is 17.2 Å². The quantitative estimate of drug-likeness (QED) is 0.478. The van der Waals surface area contributed by atoms with Gasteiger partial charge in [-0.1, -0.05) is 30.3 Å². The summed E-state index contributed by atoms with van der Waals surface area (Å²) in [5.41, 5.74) is 2.01. The maximum atomic E-state index is 12.7. The van der Waals surface area contributed by atoms with Gasteiger partial charge in [0.2, 0.25) is 0 Å². The van der Waals surface area contributed by atoms with Crippen molar-refractivity contribution in [2.75, 3.05) is 4.72 Å². The Morgan fingerprint density at radius 2 is 1.69 bits per heavy atom. The van der Waals surface area contributed by atoms with Gasteiger partial charge in [-0.15, -0.1) is 11.3 Å². The largest absolute Gasteiger partial charge is 0.345 e. The summed E-state index contributed by atoms with van der Waals surface area (Å²) in [6.07, 6.45) is 2.22. The molecule has 8 heteroatoms. The van der Waals surface area contributed by atoms with Crippen LogP contribution in [0.2, 0.25) is 0 Å². The molecule has 1 aliphatic rings. The number of carbonyl (C=O) groups is 1. The zero-order chi connectivity index (χ0) is 20.4. The third-order valence-corrected chi connectivity index (χ3v) is 8.25. The van der Waals surface area contributed by atoms with Gasteiger partial charge >= 0.3 is 0 Å². The summed E-state index contributed by atoms with van der Waals surface area (Å²) in [6, 6.07) is 19.7. The van der Waals surface area contributed by atoms with Crippen LogP contribution >= 0.6 is 27.3 Å². The van der Waals surface area contributed by atoms with Crippen LogP contribution in [0, 0.1) is 5.92 Å². The maximum absolute atomic E-state index is 12.7. The highest BCUT2D eigenvalue weighted by Crippen LogP contribution is 2.41. The van der Waals surface area contributed by atoms with Gasteiger partial charge in [-0.25, -0.2) is 8.42 Å². The van der Waals surface area contributed by atoms with Crippen molar-refractivity contribution in [3.05, 3.63) is 81.6 Å². The van der Waals surface area contributed by atoms with Gasteiger partial charge in [-0.3, -0.25) is 9.52 Å². The standard InChI is InChI=1S/C21H19BrN2O3S2/c22-18-12-13-19(28-18)29(26,27)24-17-10-8-16(9-11-17)21(25)23-20(15-6-7-15)14-4-2-1-3-5-14/h1-5,8-13,15,20,24H,6-7H2,(H,23,25)/t20-/m0/s1. The molecule has 1 fully saturated rings. The fraction of sp³-hybridized carbons (Fsp3) is 0.190. The number of sulfonamides is 1. The molecule has 0 bridgehead atoms. The summed E-state index contributed by atoms with van der Waals surface area (Å²) >= 11 is 4.41. The summed E-state index contributed by atoms with van der Waals surface area (Å²) in [7, 11) is -3.65. The predicted molar refractivity (Wildman–Crippen MR) is 119 cm³/mol. The van der Waals surface area contributed by atoms with Crippen molar-refractivity contribution in [1.29, 1.82) is 0 Å². The summed E-state index contributed by atoms with van der Waals surface area (Å²) in [5.74, 6) is 0.305. The second-order valence-electron chi connectivity index (χ2n) is 6.94. The van der Waals surface area contributed by atoms with Crippen LogP contribution in [0.4, 0.5) is 5.69 Å². The molecular weight excluding hydrogens is 472 g/mol. The number of nitrogens with one attached hydrogen (secondary N) is 2. The maximum Gasteiger partial charge on any atom is 0.271 e.